The van der Waals surface area contributed by atoms with E-state index in [1.54, 1.807) is 18.3 Å². The lowest BCUT2D eigenvalue weighted by Gasteiger charge is -2.06. The summed E-state index contributed by atoms with van der Waals surface area (Å²) in [4.78, 5) is 15.9. The van der Waals surface area contributed by atoms with Crippen molar-refractivity contribution in [2.75, 3.05) is 0 Å². The van der Waals surface area contributed by atoms with Gasteiger partial charge in [0.05, 0.1) is 16.6 Å². The van der Waals surface area contributed by atoms with Gasteiger partial charge in [-0.1, -0.05) is 29.3 Å². The molecule has 0 unspecified atom stereocenters. The Bertz CT molecular complexity index is 610. The van der Waals surface area contributed by atoms with E-state index in [0.29, 0.717) is 29.4 Å². The van der Waals surface area contributed by atoms with E-state index in [2.05, 4.69) is 10.3 Å². The third kappa shape index (κ3) is 3.99. The molecule has 0 spiro atoms. The minimum absolute atomic E-state index is 0.0147. The highest BCUT2D eigenvalue weighted by Gasteiger charge is 2.06. The first kappa shape index (κ1) is 14.9. The molecule has 2 aromatic rings. The van der Waals surface area contributed by atoms with E-state index in [9.17, 15) is 4.79 Å². The standard InChI is InChI=1S/C14H15Cl2N3O/c1-19-7-6-17-13(19)9-18-14(20)5-3-10-2-4-11(15)12(16)8-10/h2,4,6-8H,3,5,9H2,1H3,(H,18,20). The van der Waals surface area contributed by atoms with E-state index < -0.39 is 0 Å². The zero-order valence-corrected chi connectivity index (χ0v) is 12.6. The molecule has 1 amide bonds. The molecule has 0 bridgehead atoms. The Morgan fingerprint density at radius 2 is 2.15 bits per heavy atom. The van der Waals surface area contributed by atoms with Crippen LogP contribution in [0.2, 0.25) is 10.0 Å². The van der Waals surface area contributed by atoms with E-state index in [1.165, 1.54) is 0 Å². The fraction of sp³-hybridized carbons (Fsp3) is 0.286. The number of rotatable bonds is 5. The number of hydrogen-bond acceptors (Lipinski definition) is 2. The summed E-state index contributed by atoms with van der Waals surface area (Å²) in [6.07, 6.45) is 4.58. The summed E-state index contributed by atoms with van der Waals surface area (Å²) in [6.45, 7) is 0.434. The summed E-state index contributed by atoms with van der Waals surface area (Å²) >= 11 is 11.8. The fourth-order valence-corrected chi connectivity index (χ4v) is 2.11. The Hall–Kier alpha value is -1.52. The number of aryl methyl sites for hydroxylation is 2. The minimum Gasteiger partial charge on any atom is -0.349 e. The van der Waals surface area contributed by atoms with Crippen molar-refractivity contribution in [2.24, 2.45) is 7.05 Å². The normalized spacial score (nSPS) is 10.6. The van der Waals surface area contributed by atoms with E-state index in [-0.39, 0.29) is 5.91 Å². The van der Waals surface area contributed by atoms with Crippen LogP contribution in [0.3, 0.4) is 0 Å². The number of halogens is 2. The van der Waals surface area contributed by atoms with Crippen LogP contribution in [-0.4, -0.2) is 15.5 Å². The predicted octanol–water partition coefficient (Wildman–Crippen LogP) is 2.98. The molecule has 0 atom stereocenters. The molecule has 6 heteroatoms. The van der Waals surface area contributed by atoms with Gasteiger partial charge in [-0.05, 0) is 24.1 Å². The summed E-state index contributed by atoms with van der Waals surface area (Å²) in [5, 5.41) is 3.88. The molecule has 0 aliphatic heterocycles. The van der Waals surface area contributed by atoms with Crippen LogP contribution in [0.1, 0.15) is 17.8 Å². The molecule has 1 aromatic carbocycles. The van der Waals surface area contributed by atoms with Crippen molar-refractivity contribution in [1.82, 2.24) is 14.9 Å². The van der Waals surface area contributed by atoms with E-state index in [4.69, 9.17) is 23.2 Å². The SMILES string of the molecule is Cn1ccnc1CNC(=O)CCc1ccc(Cl)c(Cl)c1. The number of carbonyl (C=O) groups is 1. The van der Waals surface area contributed by atoms with Crippen molar-refractivity contribution in [2.45, 2.75) is 19.4 Å². The second-order valence-electron chi connectivity index (χ2n) is 4.48. The molecule has 0 saturated carbocycles. The highest BCUT2D eigenvalue weighted by molar-refractivity contribution is 6.42. The highest BCUT2D eigenvalue weighted by Crippen LogP contribution is 2.23. The number of nitrogens with zero attached hydrogens (tertiary/aromatic N) is 2. The molecular weight excluding hydrogens is 297 g/mol. The summed E-state index contributed by atoms with van der Waals surface area (Å²) in [5.74, 6) is 0.812. The summed E-state index contributed by atoms with van der Waals surface area (Å²) in [7, 11) is 1.89. The zero-order valence-electron chi connectivity index (χ0n) is 11.1. The molecular formula is C14H15Cl2N3O. The van der Waals surface area contributed by atoms with E-state index in [1.807, 2.05) is 23.9 Å². The first-order valence-corrected chi connectivity index (χ1v) is 6.98. The number of imidazole rings is 1. The molecule has 0 radical (unpaired) electrons. The summed E-state index contributed by atoms with van der Waals surface area (Å²) < 4.78 is 1.87. The van der Waals surface area contributed by atoms with Gasteiger partial charge in [-0.3, -0.25) is 4.79 Å². The smallest absolute Gasteiger partial charge is 0.220 e. The van der Waals surface area contributed by atoms with Gasteiger partial charge in [0.1, 0.15) is 5.82 Å². The van der Waals surface area contributed by atoms with Gasteiger partial charge in [-0.2, -0.15) is 0 Å². The van der Waals surface area contributed by atoms with Gasteiger partial charge in [0, 0.05) is 25.9 Å². The van der Waals surface area contributed by atoms with Crippen LogP contribution in [-0.2, 0) is 24.8 Å². The van der Waals surface area contributed by atoms with Gasteiger partial charge < -0.3 is 9.88 Å². The average molecular weight is 312 g/mol. The van der Waals surface area contributed by atoms with Crippen molar-refractivity contribution < 1.29 is 4.79 Å². The van der Waals surface area contributed by atoms with Crippen LogP contribution < -0.4 is 5.32 Å². The number of aromatic nitrogens is 2. The second kappa shape index (κ2) is 6.77. The number of carbonyl (C=O) groups excluding carboxylic acids is 1. The largest absolute Gasteiger partial charge is 0.349 e. The fourth-order valence-electron chi connectivity index (χ4n) is 1.79. The van der Waals surface area contributed by atoms with Gasteiger partial charge in [0.15, 0.2) is 0 Å². The lowest BCUT2D eigenvalue weighted by molar-refractivity contribution is -0.121. The summed E-state index contributed by atoms with van der Waals surface area (Å²) in [5.41, 5.74) is 0.992. The maximum absolute atomic E-state index is 11.8. The molecule has 0 aliphatic carbocycles. The molecule has 1 aromatic heterocycles. The number of amides is 1. The molecule has 0 aliphatic rings. The zero-order chi connectivity index (χ0) is 14.5. The quantitative estimate of drug-likeness (QED) is 0.922. The lowest BCUT2D eigenvalue weighted by Crippen LogP contribution is -2.24. The van der Waals surface area contributed by atoms with Crippen LogP contribution in [0, 0.1) is 0 Å². The van der Waals surface area contributed by atoms with Crippen LogP contribution in [0.4, 0.5) is 0 Å². The molecule has 2 rings (SSSR count). The average Bonchev–Trinajstić information content (AvgIpc) is 2.83. The third-order valence-electron chi connectivity index (χ3n) is 2.99. The molecule has 20 heavy (non-hydrogen) atoms. The molecule has 106 valence electrons. The van der Waals surface area contributed by atoms with Gasteiger partial charge in [0.2, 0.25) is 5.91 Å². The van der Waals surface area contributed by atoms with Crippen molar-refractivity contribution in [3.05, 3.63) is 52.0 Å². The predicted molar refractivity (Wildman–Crippen MR) is 79.8 cm³/mol. The summed E-state index contributed by atoms with van der Waals surface area (Å²) in [6, 6.07) is 5.40. The maximum atomic E-state index is 11.8. The Kier molecular flexibility index (Phi) is 5.04. The topological polar surface area (TPSA) is 46.9 Å². The lowest BCUT2D eigenvalue weighted by atomic mass is 10.1. The Morgan fingerprint density at radius 3 is 2.80 bits per heavy atom. The van der Waals surface area contributed by atoms with Gasteiger partial charge in [-0.25, -0.2) is 4.98 Å². The highest BCUT2D eigenvalue weighted by atomic mass is 35.5. The Balaban J connectivity index is 1.80. The Morgan fingerprint density at radius 1 is 1.35 bits per heavy atom. The van der Waals surface area contributed by atoms with Crippen molar-refractivity contribution in [3.8, 4) is 0 Å². The van der Waals surface area contributed by atoms with Crippen molar-refractivity contribution >= 4 is 29.1 Å². The van der Waals surface area contributed by atoms with Gasteiger partial charge >= 0.3 is 0 Å². The maximum Gasteiger partial charge on any atom is 0.220 e. The third-order valence-corrected chi connectivity index (χ3v) is 3.73. The monoisotopic (exact) mass is 311 g/mol. The Labute approximate surface area is 127 Å². The molecule has 1 heterocycles. The van der Waals surface area contributed by atoms with Gasteiger partial charge in [0.25, 0.3) is 0 Å². The van der Waals surface area contributed by atoms with Crippen molar-refractivity contribution in [1.29, 1.82) is 0 Å². The number of benzene rings is 1. The molecule has 4 nitrogen and oxygen atoms in total. The first-order valence-electron chi connectivity index (χ1n) is 6.23. The first-order chi connectivity index (χ1) is 9.56. The molecule has 0 fully saturated rings. The van der Waals surface area contributed by atoms with Crippen LogP contribution in [0.5, 0.6) is 0 Å². The number of nitrogens with one attached hydrogen (secondary N) is 1. The minimum atomic E-state index is -0.0147. The van der Waals surface area contributed by atoms with Gasteiger partial charge in [-0.15, -0.1) is 0 Å². The van der Waals surface area contributed by atoms with Crippen LogP contribution in [0.25, 0.3) is 0 Å². The van der Waals surface area contributed by atoms with E-state index in [0.717, 1.165) is 11.4 Å². The van der Waals surface area contributed by atoms with Crippen molar-refractivity contribution in [3.63, 3.8) is 0 Å². The molecule has 0 saturated heterocycles. The van der Waals surface area contributed by atoms with Crippen LogP contribution >= 0.6 is 23.2 Å². The molecule has 1 N–H and O–H groups in total. The van der Waals surface area contributed by atoms with E-state index >= 15 is 0 Å². The number of hydrogen-bond donors (Lipinski definition) is 1. The second-order valence-corrected chi connectivity index (χ2v) is 5.29. The van der Waals surface area contributed by atoms with Crippen LogP contribution in [0.15, 0.2) is 30.6 Å².